The molecule has 1 N–H and O–H groups in total. The summed E-state index contributed by atoms with van der Waals surface area (Å²) in [5, 5.41) is 15.3. The van der Waals surface area contributed by atoms with Gasteiger partial charge in [0.25, 0.3) is 0 Å². The van der Waals surface area contributed by atoms with E-state index in [1.54, 1.807) is 0 Å². The Balaban J connectivity index is -0.0000000450. The van der Waals surface area contributed by atoms with E-state index in [2.05, 4.69) is 0 Å². The van der Waals surface area contributed by atoms with Crippen LogP contribution in [0.1, 0.15) is 0 Å². The molecule has 0 atom stereocenters. The Morgan fingerprint density at radius 2 is 1.67 bits per heavy atom. The van der Waals surface area contributed by atoms with Crippen LogP contribution in [0, 0.1) is 40.4 Å². The molecule has 1 radical (unpaired) electrons. The summed E-state index contributed by atoms with van der Waals surface area (Å²) >= 11 is 0. The molecule has 0 spiro atoms. The Bertz CT molecular complexity index is 30.5. The van der Waals surface area contributed by atoms with Crippen LogP contribution in [0.15, 0.2) is 0 Å². The molecule has 0 aliphatic rings. The summed E-state index contributed by atoms with van der Waals surface area (Å²) < 4.78 is 0. The Labute approximate surface area is 66.6 Å². The van der Waals surface area contributed by atoms with Crippen molar-refractivity contribution in [3.05, 3.63) is 0 Å². The molecule has 5 heteroatoms. The fourth-order valence-electron chi connectivity index (χ4n) is 0. The van der Waals surface area contributed by atoms with Gasteiger partial charge in [0.1, 0.15) is 0 Å². The van der Waals surface area contributed by atoms with Gasteiger partial charge in [-0.15, -0.1) is 0 Å². The van der Waals surface area contributed by atoms with Crippen LogP contribution in [0.5, 0.6) is 0 Å². The molecule has 0 aromatic rings. The van der Waals surface area contributed by atoms with Crippen molar-refractivity contribution in [3.63, 3.8) is 0 Å². The quantitative estimate of drug-likeness (QED) is 0.562. The van der Waals surface area contributed by atoms with E-state index in [9.17, 15) is 0 Å². The fourth-order valence-corrected chi connectivity index (χ4v) is 0. The second kappa shape index (κ2) is 9.13. The topological polar surface area (TPSA) is 88.9 Å². The van der Waals surface area contributed by atoms with Crippen LogP contribution in [-0.2, 0) is 5.48 Å². The summed E-state index contributed by atoms with van der Waals surface area (Å²) in [6.45, 7) is 0. The third-order valence-corrected chi connectivity index (χ3v) is 0. The van der Waals surface area contributed by atoms with Crippen LogP contribution in [0.2, 0.25) is 0 Å². The Morgan fingerprint density at radius 3 is 1.67 bits per heavy atom. The van der Waals surface area contributed by atoms with Crippen molar-refractivity contribution in [2.45, 2.75) is 0 Å². The van der Waals surface area contributed by atoms with Gasteiger partial charge in [-0.2, -0.15) is 0 Å². The van der Waals surface area contributed by atoms with Crippen molar-refractivity contribution in [2.75, 3.05) is 0 Å². The zero-order valence-electron chi connectivity index (χ0n) is 2.58. The van der Waals surface area contributed by atoms with Crippen molar-refractivity contribution < 1.29 is 60.9 Å². The maximum atomic E-state index is 8.44. The Hall–Kier alpha value is 0.568. The van der Waals surface area contributed by atoms with Gasteiger partial charge in [-0.1, -0.05) is 0 Å². The predicted octanol–water partition coefficient (Wildman–Crippen LogP) is -1.23. The van der Waals surface area contributed by atoms with Gasteiger partial charge in [-0.25, -0.2) is 0 Å². The average Bonchev–Trinajstić information content (AvgIpc) is 0.811. The second-order valence-electron chi connectivity index (χ2n) is 0.266. The van der Waals surface area contributed by atoms with Crippen LogP contribution in [0.25, 0.3) is 0 Å². The van der Waals surface area contributed by atoms with Crippen LogP contribution < -0.4 is 5.11 Å². The molecule has 4 nitrogen and oxygen atoms in total. The molecule has 0 saturated carbocycles. The van der Waals surface area contributed by atoms with Gasteiger partial charge in [0, 0.05) is 0 Å². The summed E-state index contributed by atoms with van der Waals surface area (Å²) in [6.07, 6.45) is -2.08. The van der Waals surface area contributed by atoms with Crippen LogP contribution in [0.4, 0.5) is 4.79 Å². The standard InChI is InChI=1S/CH2O3.O.Sm/c2-1(3)4;;/h(H2,2,3,4);;/q;-2;+3/p-1. The summed E-state index contributed by atoms with van der Waals surface area (Å²) in [4.78, 5) is 8.44. The van der Waals surface area contributed by atoms with E-state index in [1.165, 1.54) is 0 Å². The van der Waals surface area contributed by atoms with Crippen molar-refractivity contribution in [3.8, 4) is 0 Å². The van der Waals surface area contributed by atoms with E-state index in [1.807, 2.05) is 0 Å². The van der Waals surface area contributed by atoms with Crippen LogP contribution >= 0.6 is 0 Å². The molecule has 0 aromatic heterocycles. The number of carbonyl (C=O) groups is 1. The SMILES string of the molecule is O=C([O-])O.[O-2].[Sm+3]. The van der Waals surface area contributed by atoms with Gasteiger partial charge in [-0.05, 0) is 0 Å². The van der Waals surface area contributed by atoms with E-state index in [4.69, 9.17) is 15.0 Å². The maximum Gasteiger partial charge on any atom is 3.00 e. The van der Waals surface area contributed by atoms with Gasteiger partial charge in [0.05, 0.1) is 0 Å². The van der Waals surface area contributed by atoms with Crippen molar-refractivity contribution in [1.29, 1.82) is 0 Å². The molecule has 6 heavy (non-hydrogen) atoms. The first-order valence-corrected chi connectivity index (χ1v) is 0.632. The molecule has 0 aliphatic heterocycles. The Kier molecular flexibility index (Phi) is 24.3. The fraction of sp³-hybridized carbons (Fsp3) is 0. The van der Waals surface area contributed by atoms with E-state index in [0.29, 0.717) is 0 Å². The minimum Gasteiger partial charge on any atom is -2.00 e. The van der Waals surface area contributed by atoms with E-state index < -0.39 is 6.16 Å². The van der Waals surface area contributed by atoms with Crippen molar-refractivity contribution >= 4 is 6.16 Å². The smallest absolute Gasteiger partial charge is 2.00 e. The first kappa shape index (κ1) is 16.0. The monoisotopic (exact) mass is 229 g/mol. The first-order valence-electron chi connectivity index (χ1n) is 0.632. The predicted molar refractivity (Wildman–Crippen MR) is 8.71 cm³/mol. The molecule has 0 unspecified atom stereocenters. The minimum absolute atomic E-state index is 0. The number of rotatable bonds is 0. The molecule has 0 rings (SSSR count). The van der Waals surface area contributed by atoms with E-state index in [0.717, 1.165) is 0 Å². The number of carboxylic acid groups (broad SMARTS) is 2. The zero-order valence-corrected chi connectivity index (χ0v) is 5.20. The zero-order chi connectivity index (χ0) is 3.58. The molecule has 0 bridgehead atoms. The van der Waals surface area contributed by atoms with Gasteiger partial charge in [-0.3, -0.25) is 0 Å². The van der Waals surface area contributed by atoms with Gasteiger partial charge >= 0.3 is 40.4 Å². The molecule has 0 heterocycles. The normalized spacial score (nSPS) is 4.00. The van der Waals surface area contributed by atoms with Crippen LogP contribution in [0.3, 0.4) is 0 Å². The molecule has 0 saturated heterocycles. The molecule has 0 amide bonds. The summed E-state index contributed by atoms with van der Waals surface area (Å²) in [6, 6.07) is 0. The third-order valence-electron chi connectivity index (χ3n) is 0. The number of hydrogen-bond donors (Lipinski definition) is 1. The number of hydrogen-bond acceptors (Lipinski definition) is 2. The minimum atomic E-state index is -2.08. The molecule has 0 fully saturated rings. The summed E-state index contributed by atoms with van der Waals surface area (Å²) in [5.41, 5.74) is 0. The summed E-state index contributed by atoms with van der Waals surface area (Å²) in [5.74, 6) is 0. The molecule has 0 aliphatic carbocycles. The van der Waals surface area contributed by atoms with Crippen molar-refractivity contribution in [1.82, 2.24) is 0 Å². The first-order chi connectivity index (χ1) is 1.73. The molecule has 35 valence electrons. The van der Waals surface area contributed by atoms with Gasteiger partial charge < -0.3 is 20.5 Å². The van der Waals surface area contributed by atoms with Crippen LogP contribution in [-0.4, -0.2) is 11.3 Å². The molecular formula is CHO4Sm. The van der Waals surface area contributed by atoms with E-state index >= 15 is 0 Å². The molecular weight excluding hydrogens is 226 g/mol. The van der Waals surface area contributed by atoms with E-state index in [-0.39, 0.29) is 45.9 Å². The largest absolute Gasteiger partial charge is 3.00 e. The van der Waals surface area contributed by atoms with Gasteiger partial charge in [0.2, 0.25) is 6.16 Å². The van der Waals surface area contributed by atoms with Crippen molar-refractivity contribution in [2.24, 2.45) is 0 Å². The third kappa shape index (κ3) is 180. The summed E-state index contributed by atoms with van der Waals surface area (Å²) in [7, 11) is 0. The maximum absolute atomic E-state index is 8.44. The Morgan fingerprint density at radius 1 is 1.67 bits per heavy atom. The second-order valence-corrected chi connectivity index (χ2v) is 0.266. The average molecular weight is 227 g/mol. The molecule has 0 aromatic carbocycles. The van der Waals surface area contributed by atoms with Gasteiger partial charge in [0.15, 0.2) is 0 Å².